The van der Waals surface area contributed by atoms with E-state index in [0.29, 0.717) is 5.56 Å². The second kappa shape index (κ2) is 6.88. The number of hydrogen-bond acceptors (Lipinski definition) is 5. The van der Waals surface area contributed by atoms with Crippen LogP contribution >= 0.6 is 0 Å². The number of aryl methyl sites for hydroxylation is 1. The van der Waals surface area contributed by atoms with Crippen molar-refractivity contribution in [1.29, 1.82) is 0 Å². The molecule has 0 N–H and O–H groups in total. The molecule has 0 amide bonds. The van der Waals surface area contributed by atoms with Gasteiger partial charge in [-0.15, -0.1) is 0 Å². The number of carbonyl (C=O) groups excluding carboxylic acids is 3. The summed E-state index contributed by atoms with van der Waals surface area (Å²) in [6.45, 7) is 4.78. The van der Waals surface area contributed by atoms with E-state index in [1.54, 1.807) is 20.8 Å². The van der Waals surface area contributed by atoms with Crippen molar-refractivity contribution in [2.75, 3.05) is 0 Å². The van der Waals surface area contributed by atoms with Gasteiger partial charge in [-0.25, -0.2) is 0 Å². The minimum absolute atomic E-state index is 0.0295. The van der Waals surface area contributed by atoms with Gasteiger partial charge in [-0.2, -0.15) is 0 Å². The molecule has 0 heterocycles. The number of hydrogen-bond donors (Lipinski definition) is 0. The number of nitro groups is 1. The molecular weight excluding hydrogens is 274 g/mol. The highest BCUT2D eigenvalue weighted by atomic mass is 16.6. The fraction of sp³-hybridized carbons (Fsp3) is 0.400. The summed E-state index contributed by atoms with van der Waals surface area (Å²) in [5.74, 6) is -3.25. The van der Waals surface area contributed by atoms with E-state index in [2.05, 4.69) is 0 Å². The fourth-order valence-corrected chi connectivity index (χ4v) is 2.04. The molecule has 0 bridgehead atoms. The van der Waals surface area contributed by atoms with Crippen molar-refractivity contribution >= 4 is 23.0 Å². The zero-order chi connectivity index (χ0) is 16.2. The van der Waals surface area contributed by atoms with Gasteiger partial charge in [0.05, 0.1) is 10.5 Å². The molecule has 0 saturated heterocycles. The molecule has 0 fully saturated rings. The van der Waals surface area contributed by atoms with Crippen molar-refractivity contribution in [2.24, 2.45) is 5.92 Å². The zero-order valence-electron chi connectivity index (χ0n) is 12.2. The lowest BCUT2D eigenvalue weighted by molar-refractivity contribution is -0.385. The van der Waals surface area contributed by atoms with Crippen LogP contribution in [0.1, 0.15) is 42.6 Å². The summed E-state index contributed by atoms with van der Waals surface area (Å²) >= 11 is 0. The van der Waals surface area contributed by atoms with Crippen molar-refractivity contribution < 1.29 is 19.3 Å². The van der Waals surface area contributed by atoms with Gasteiger partial charge in [0.15, 0.2) is 17.3 Å². The van der Waals surface area contributed by atoms with E-state index in [9.17, 15) is 24.5 Å². The molecule has 1 rings (SSSR count). The molecule has 0 aliphatic rings. The lowest BCUT2D eigenvalue weighted by atomic mass is 9.86. The summed E-state index contributed by atoms with van der Waals surface area (Å²) in [4.78, 5) is 46.6. The Balaban J connectivity index is 3.39. The average Bonchev–Trinajstić information content (AvgIpc) is 2.46. The predicted molar refractivity (Wildman–Crippen MR) is 76.2 cm³/mol. The SMILES string of the molecule is CCC(=O)C(C(=O)CC)C(=O)c1cc(C)ccc1[N+](=O)[O-]. The molecule has 0 aliphatic heterocycles. The summed E-state index contributed by atoms with van der Waals surface area (Å²) in [6.07, 6.45) is 0.0590. The summed E-state index contributed by atoms with van der Waals surface area (Å²) in [7, 11) is 0. The minimum Gasteiger partial charge on any atom is -0.298 e. The third kappa shape index (κ3) is 3.59. The molecule has 1 aromatic carbocycles. The minimum atomic E-state index is -1.44. The van der Waals surface area contributed by atoms with Gasteiger partial charge in [0.1, 0.15) is 5.92 Å². The Morgan fingerprint density at radius 1 is 1.14 bits per heavy atom. The quantitative estimate of drug-likeness (QED) is 0.333. The highest BCUT2D eigenvalue weighted by Crippen LogP contribution is 2.24. The molecule has 0 unspecified atom stereocenters. The van der Waals surface area contributed by atoms with Crippen molar-refractivity contribution in [2.45, 2.75) is 33.6 Å². The molecule has 21 heavy (non-hydrogen) atoms. The van der Waals surface area contributed by atoms with E-state index in [1.807, 2.05) is 0 Å². The second-order valence-corrected chi connectivity index (χ2v) is 4.71. The highest BCUT2D eigenvalue weighted by molar-refractivity contribution is 6.25. The van der Waals surface area contributed by atoms with Gasteiger partial charge in [-0.3, -0.25) is 24.5 Å². The third-order valence-corrected chi connectivity index (χ3v) is 3.22. The molecule has 0 spiro atoms. The van der Waals surface area contributed by atoms with E-state index in [1.165, 1.54) is 18.2 Å². The molecule has 0 radical (unpaired) electrons. The first-order chi connectivity index (χ1) is 9.83. The molecule has 1 aromatic rings. The van der Waals surface area contributed by atoms with E-state index in [-0.39, 0.29) is 24.1 Å². The first-order valence-electron chi connectivity index (χ1n) is 6.68. The first-order valence-corrected chi connectivity index (χ1v) is 6.68. The Bertz CT molecular complexity index is 590. The Hall–Kier alpha value is -2.37. The summed E-state index contributed by atoms with van der Waals surface area (Å²) in [5.41, 5.74) is 0.0765. The van der Waals surface area contributed by atoms with Crippen LogP contribution in [-0.4, -0.2) is 22.3 Å². The molecular formula is C15H17NO5. The van der Waals surface area contributed by atoms with Gasteiger partial charge in [-0.1, -0.05) is 19.9 Å². The van der Waals surface area contributed by atoms with Gasteiger partial charge in [0, 0.05) is 18.9 Å². The lowest BCUT2D eigenvalue weighted by Crippen LogP contribution is -2.31. The topological polar surface area (TPSA) is 94.3 Å². The van der Waals surface area contributed by atoms with Crippen LogP contribution in [0.5, 0.6) is 0 Å². The van der Waals surface area contributed by atoms with Crippen LogP contribution in [0.25, 0.3) is 0 Å². The maximum absolute atomic E-state index is 12.5. The maximum atomic E-state index is 12.5. The highest BCUT2D eigenvalue weighted by Gasteiger charge is 2.35. The van der Waals surface area contributed by atoms with Crippen LogP contribution in [-0.2, 0) is 9.59 Å². The first kappa shape index (κ1) is 16.7. The number of ketones is 3. The summed E-state index contributed by atoms with van der Waals surface area (Å²) < 4.78 is 0. The Kier molecular flexibility index (Phi) is 5.46. The lowest BCUT2D eigenvalue weighted by Gasteiger charge is -2.12. The van der Waals surface area contributed by atoms with Gasteiger partial charge in [0.25, 0.3) is 5.69 Å². The molecule has 6 heteroatoms. The van der Waals surface area contributed by atoms with Gasteiger partial charge >= 0.3 is 0 Å². The van der Waals surface area contributed by atoms with Crippen molar-refractivity contribution in [3.8, 4) is 0 Å². The Morgan fingerprint density at radius 3 is 2.10 bits per heavy atom. The summed E-state index contributed by atoms with van der Waals surface area (Å²) in [6, 6.07) is 4.07. The fourth-order valence-electron chi connectivity index (χ4n) is 2.04. The van der Waals surface area contributed by atoms with E-state index >= 15 is 0 Å². The van der Waals surface area contributed by atoms with Crippen LogP contribution in [0.15, 0.2) is 18.2 Å². The molecule has 0 aliphatic carbocycles. The number of nitro benzene ring substituents is 1. The smallest absolute Gasteiger partial charge is 0.280 e. The van der Waals surface area contributed by atoms with E-state index in [0.717, 1.165) is 0 Å². The van der Waals surface area contributed by atoms with Gasteiger partial charge in [-0.05, 0) is 18.6 Å². The van der Waals surface area contributed by atoms with Crippen LogP contribution in [0.4, 0.5) is 5.69 Å². The normalized spacial score (nSPS) is 10.5. The van der Waals surface area contributed by atoms with Gasteiger partial charge in [0.2, 0.25) is 0 Å². The standard InChI is InChI=1S/C15H17NO5/c1-4-12(17)14(13(18)5-2)15(19)10-8-9(3)6-7-11(10)16(20)21/h6-8,14H,4-5H2,1-3H3. The number of rotatable bonds is 7. The number of benzene rings is 1. The molecule has 6 nitrogen and oxygen atoms in total. The van der Waals surface area contributed by atoms with Crippen LogP contribution in [0.2, 0.25) is 0 Å². The summed E-state index contributed by atoms with van der Waals surface area (Å²) in [5, 5.41) is 11.0. The Morgan fingerprint density at radius 2 is 1.67 bits per heavy atom. The van der Waals surface area contributed by atoms with E-state index in [4.69, 9.17) is 0 Å². The van der Waals surface area contributed by atoms with Crippen molar-refractivity contribution in [1.82, 2.24) is 0 Å². The maximum Gasteiger partial charge on any atom is 0.280 e. The number of nitrogens with zero attached hydrogens (tertiary/aromatic N) is 1. The number of carbonyl (C=O) groups is 3. The van der Waals surface area contributed by atoms with Crippen LogP contribution < -0.4 is 0 Å². The zero-order valence-corrected chi connectivity index (χ0v) is 12.2. The molecule has 0 atom stereocenters. The molecule has 0 saturated carbocycles. The third-order valence-electron chi connectivity index (χ3n) is 3.22. The van der Waals surface area contributed by atoms with Gasteiger partial charge < -0.3 is 0 Å². The largest absolute Gasteiger partial charge is 0.298 e. The molecule has 0 aromatic heterocycles. The van der Waals surface area contributed by atoms with Crippen molar-refractivity contribution in [3.05, 3.63) is 39.4 Å². The monoisotopic (exact) mass is 291 g/mol. The Labute approximate surface area is 122 Å². The second-order valence-electron chi connectivity index (χ2n) is 4.71. The van der Waals surface area contributed by atoms with E-state index < -0.39 is 28.2 Å². The van der Waals surface area contributed by atoms with Crippen molar-refractivity contribution in [3.63, 3.8) is 0 Å². The average molecular weight is 291 g/mol. The molecule has 112 valence electrons. The van der Waals surface area contributed by atoms with Crippen LogP contribution in [0, 0.1) is 23.0 Å². The number of Topliss-reactive ketones (excluding diaryl/α,β-unsaturated/α-hetero) is 3. The van der Waals surface area contributed by atoms with Crippen LogP contribution in [0.3, 0.4) is 0 Å². The predicted octanol–water partition coefficient (Wildman–Crippen LogP) is 2.66.